The van der Waals surface area contributed by atoms with Gasteiger partial charge in [-0.3, -0.25) is 5.10 Å². The highest BCUT2D eigenvalue weighted by Crippen LogP contribution is 2.22. The van der Waals surface area contributed by atoms with Crippen molar-refractivity contribution >= 4 is 0 Å². The number of hydrogen-bond acceptors (Lipinski definition) is 2. The molecule has 1 heterocycles. The Labute approximate surface area is 102 Å². The minimum absolute atomic E-state index is 0.302. The van der Waals surface area contributed by atoms with Crippen LogP contribution in [-0.4, -0.2) is 22.4 Å². The van der Waals surface area contributed by atoms with Gasteiger partial charge in [0.15, 0.2) is 0 Å². The first-order valence-electron chi connectivity index (χ1n) is 5.39. The molecule has 3 nitrogen and oxygen atoms in total. The van der Waals surface area contributed by atoms with E-state index in [1.807, 2.05) is 30.3 Å². The zero-order chi connectivity index (χ0) is 13.2. The zero-order valence-corrected chi connectivity index (χ0v) is 9.41. The molecule has 1 unspecified atom stereocenters. The summed E-state index contributed by atoms with van der Waals surface area (Å²) in [6, 6.07) is 8.92. The lowest BCUT2D eigenvalue weighted by atomic mass is 10.1. The van der Waals surface area contributed by atoms with Crippen LogP contribution in [0.4, 0.5) is 13.2 Å². The average Bonchev–Trinajstić information content (AvgIpc) is 2.77. The Kier molecular flexibility index (Phi) is 3.38. The van der Waals surface area contributed by atoms with E-state index in [0.717, 1.165) is 5.56 Å². The summed E-state index contributed by atoms with van der Waals surface area (Å²) < 4.78 is 36.9. The van der Waals surface area contributed by atoms with Crippen molar-refractivity contribution in [2.45, 2.75) is 18.6 Å². The van der Waals surface area contributed by atoms with Crippen LogP contribution < -0.4 is 5.73 Å². The first-order valence-corrected chi connectivity index (χ1v) is 5.39. The summed E-state index contributed by atoms with van der Waals surface area (Å²) in [7, 11) is 0. The SMILES string of the molecule is NC(Cc1cc(-c2ccccc2)n[nH]1)C(F)(F)F. The standard InChI is InChI=1S/C12H12F3N3/c13-12(14,15)11(16)7-9-6-10(18-17-9)8-4-2-1-3-5-8/h1-6,11H,7,16H2,(H,17,18). The van der Waals surface area contributed by atoms with Crippen LogP contribution in [0.15, 0.2) is 36.4 Å². The molecule has 18 heavy (non-hydrogen) atoms. The van der Waals surface area contributed by atoms with E-state index in [1.165, 1.54) is 0 Å². The van der Waals surface area contributed by atoms with Gasteiger partial charge in [-0.15, -0.1) is 0 Å². The minimum atomic E-state index is -4.39. The van der Waals surface area contributed by atoms with Crippen LogP contribution in [-0.2, 0) is 6.42 Å². The molecule has 0 aliphatic carbocycles. The summed E-state index contributed by atoms with van der Waals surface area (Å²) in [5, 5.41) is 6.55. The molecule has 6 heteroatoms. The molecule has 0 aliphatic heterocycles. The van der Waals surface area contributed by atoms with Crippen molar-refractivity contribution in [2.75, 3.05) is 0 Å². The van der Waals surface area contributed by atoms with Crippen molar-refractivity contribution in [1.29, 1.82) is 0 Å². The molecule has 3 N–H and O–H groups in total. The van der Waals surface area contributed by atoms with Crippen LogP contribution in [0.3, 0.4) is 0 Å². The summed E-state index contributed by atoms with van der Waals surface area (Å²) in [6.07, 6.45) is -4.69. The normalized spacial score (nSPS) is 13.6. The van der Waals surface area contributed by atoms with Crippen molar-refractivity contribution in [3.63, 3.8) is 0 Å². The molecule has 1 aromatic carbocycles. The monoisotopic (exact) mass is 255 g/mol. The molecule has 0 amide bonds. The summed E-state index contributed by atoms with van der Waals surface area (Å²) in [4.78, 5) is 0. The fraction of sp³-hybridized carbons (Fsp3) is 0.250. The van der Waals surface area contributed by atoms with Gasteiger partial charge in [-0.25, -0.2) is 0 Å². The molecule has 0 spiro atoms. The minimum Gasteiger partial charge on any atom is -0.320 e. The van der Waals surface area contributed by atoms with Gasteiger partial charge in [-0.1, -0.05) is 30.3 Å². The Balaban J connectivity index is 2.12. The molecule has 0 bridgehead atoms. The van der Waals surface area contributed by atoms with Gasteiger partial charge in [0, 0.05) is 17.7 Å². The Bertz CT molecular complexity index is 505. The second-order valence-corrected chi connectivity index (χ2v) is 4.00. The number of nitrogens with two attached hydrogens (primary N) is 1. The predicted molar refractivity (Wildman–Crippen MR) is 61.8 cm³/mol. The second kappa shape index (κ2) is 4.81. The summed E-state index contributed by atoms with van der Waals surface area (Å²) >= 11 is 0. The highest BCUT2D eigenvalue weighted by Gasteiger charge is 2.36. The van der Waals surface area contributed by atoms with E-state index >= 15 is 0 Å². The smallest absolute Gasteiger partial charge is 0.320 e. The maximum absolute atomic E-state index is 12.3. The van der Waals surface area contributed by atoms with Crippen LogP contribution in [0, 0.1) is 0 Å². The lowest BCUT2D eigenvalue weighted by molar-refractivity contribution is -0.147. The molecule has 0 saturated heterocycles. The van der Waals surface area contributed by atoms with E-state index in [2.05, 4.69) is 10.2 Å². The molecule has 0 saturated carbocycles. The number of rotatable bonds is 3. The Hall–Kier alpha value is -1.82. The van der Waals surface area contributed by atoms with Crippen LogP contribution in [0.1, 0.15) is 5.69 Å². The lowest BCUT2D eigenvalue weighted by Crippen LogP contribution is -2.39. The second-order valence-electron chi connectivity index (χ2n) is 4.00. The molecule has 0 fully saturated rings. The van der Waals surface area contributed by atoms with Crippen LogP contribution in [0.5, 0.6) is 0 Å². The third-order valence-electron chi connectivity index (χ3n) is 2.56. The van der Waals surface area contributed by atoms with Crippen LogP contribution in [0.2, 0.25) is 0 Å². The molecule has 96 valence electrons. The number of aromatic nitrogens is 2. The number of halogens is 3. The van der Waals surface area contributed by atoms with Gasteiger partial charge in [-0.2, -0.15) is 18.3 Å². The number of nitrogens with zero attached hydrogens (tertiary/aromatic N) is 1. The Morgan fingerprint density at radius 1 is 1.22 bits per heavy atom. The van der Waals surface area contributed by atoms with Gasteiger partial charge >= 0.3 is 6.18 Å². The first-order chi connectivity index (χ1) is 8.47. The number of hydrogen-bond donors (Lipinski definition) is 2. The number of alkyl halides is 3. The summed E-state index contributed by atoms with van der Waals surface area (Å²) in [5.41, 5.74) is 6.89. The topological polar surface area (TPSA) is 54.7 Å². The van der Waals surface area contributed by atoms with Crippen molar-refractivity contribution in [3.8, 4) is 11.3 Å². The number of aromatic amines is 1. The van der Waals surface area contributed by atoms with Crippen molar-refractivity contribution in [1.82, 2.24) is 10.2 Å². The largest absolute Gasteiger partial charge is 0.404 e. The lowest BCUT2D eigenvalue weighted by Gasteiger charge is -2.13. The van der Waals surface area contributed by atoms with E-state index in [9.17, 15) is 13.2 Å². The summed E-state index contributed by atoms with van der Waals surface area (Å²) in [5.74, 6) is 0. The highest BCUT2D eigenvalue weighted by molar-refractivity contribution is 5.58. The van der Waals surface area contributed by atoms with Crippen LogP contribution in [0.25, 0.3) is 11.3 Å². The molecule has 2 aromatic rings. The molecule has 1 atom stereocenters. The quantitative estimate of drug-likeness (QED) is 0.885. The number of nitrogens with one attached hydrogen (secondary N) is 1. The highest BCUT2D eigenvalue weighted by atomic mass is 19.4. The third-order valence-corrected chi connectivity index (χ3v) is 2.56. The van der Waals surface area contributed by atoms with Gasteiger partial charge in [0.25, 0.3) is 0 Å². The molecular formula is C12H12F3N3. The van der Waals surface area contributed by atoms with Crippen molar-refractivity contribution < 1.29 is 13.2 Å². The molecule has 0 aliphatic rings. The van der Waals surface area contributed by atoms with E-state index in [-0.39, 0.29) is 6.42 Å². The Morgan fingerprint density at radius 3 is 2.50 bits per heavy atom. The van der Waals surface area contributed by atoms with Crippen LogP contribution >= 0.6 is 0 Å². The van der Waals surface area contributed by atoms with Gasteiger partial charge < -0.3 is 5.73 Å². The van der Waals surface area contributed by atoms with E-state index in [4.69, 9.17) is 5.73 Å². The van der Waals surface area contributed by atoms with Gasteiger partial charge in [0.2, 0.25) is 0 Å². The van der Waals surface area contributed by atoms with E-state index in [1.54, 1.807) is 6.07 Å². The molecular weight excluding hydrogens is 243 g/mol. The maximum Gasteiger partial charge on any atom is 0.404 e. The molecule has 0 radical (unpaired) electrons. The molecule has 2 rings (SSSR count). The third kappa shape index (κ3) is 2.89. The first kappa shape index (κ1) is 12.6. The maximum atomic E-state index is 12.3. The number of H-pyrrole nitrogens is 1. The van der Waals surface area contributed by atoms with Crippen molar-refractivity contribution in [3.05, 3.63) is 42.1 Å². The van der Waals surface area contributed by atoms with Gasteiger partial charge in [0.1, 0.15) is 6.04 Å². The predicted octanol–water partition coefficient (Wildman–Crippen LogP) is 2.51. The van der Waals surface area contributed by atoms with Gasteiger partial charge in [-0.05, 0) is 6.07 Å². The van der Waals surface area contributed by atoms with E-state index in [0.29, 0.717) is 11.4 Å². The molecule has 1 aromatic heterocycles. The zero-order valence-electron chi connectivity index (χ0n) is 9.41. The van der Waals surface area contributed by atoms with Gasteiger partial charge in [0.05, 0.1) is 5.69 Å². The fourth-order valence-electron chi connectivity index (χ4n) is 1.58. The van der Waals surface area contributed by atoms with E-state index < -0.39 is 12.2 Å². The van der Waals surface area contributed by atoms with Crippen molar-refractivity contribution in [2.24, 2.45) is 5.73 Å². The average molecular weight is 255 g/mol. The number of benzene rings is 1. The fourth-order valence-corrected chi connectivity index (χ4v) is 1.58. The Morgan fingerprint density at radius 2 is 1.89 bits per heavy atom. The summed E-state index contributed by atoms with van der Waals surface area (Å²) in [6.45, 7) is 0.